The molecule has 0 nitrogen and oxygen atoms in total. The van der Waals surface area contributed by atoms with E-state index in [1.54, 1.807) is 0 Å². The molecule has 0 N–H and O–H groups in total. The average molecular weight is 272 g/mol. The van der Waals surface area contributed by atoms with Gasteiger partial charge in [0.25, 0.3) is 0 Å². The van der Waals surface area contributed by atoms with Crippen molar-refractivity contribution in [2.45, 2.75) is 27.2 Å². The van der Waals surface area contributed by atoms with Crippen molar-refractivity contribution in [3.05, 3.63) is 39.7 Å². The molecule has 0 bridgehead atoms. The summed E-state index contributed by atoms with van der Waals surface area (Å²) in [5.41, 5.74) is 2.27. The largest absolute Gasteiger partial charge is 0.250 e. The predicted octanol–water partition coefficient (Wildman–Crippen LogP) is 4.56. The lowest BCUT2D eigenvalue weighted by Gasteiger charge is -2.11. The molecule has 1 aromatic rings. The smallest absolute Gasteiger partial charge is 0.0997 e. The summed E-state index contributed by atoms with van der Waals surface area (Å²) in [6, 6.07) is 6.16. The van der Waals surface area contributed by atoms with Crippen molar-refractivity contribution in [2.75, 3.05) is 6.67 Å². The highest BCUT2D eigenvalue weighted by atomic mass is 79.9. The zero-order chi connectivity index (χ0) is 11.4. The average Bonchev–Trinajstić information content (AvgIpc) is 2.14. The van der Waals surface area contributed by atoms with Gasteiger partial charge in [0.2, 0.25) is 0 Å². The Kier molecular flexibility index (Phi) is 4.78. The SMILES string of the molecule is C[C](CF)c1cc(Br)cc(CC(C)C)c1. The summed E-state index contributed by atoms with van der Waals surface area (Å²) in [7, 11) is 0. The zero-order valence-electron chi connectivity index (χ0n) is 9.48. The first-order valence-electron chi connectivity index (χ1n) is 5.21. The molecule has 15 heavy (non-hydrogen) atoms. The van der Waals surface area contributed by atoms with Gasteiger partial charge in [0.15, 0.2) is 0 Å². The molecule has 0 aliphatic rings. The first kappa shape index (κ1) is 12.7. The van der Waals surface area contributed by atoms with Crippen LogP contribution in [0.2, 0.25) is 0 Å². The van der Waals surface area contributed by atoms with Gasteiger partial charge in [-0.1, -0.05) is 42.8 Å². The van der Waals surface area contributed by atoms with E-state index in [0.29, 0.717) is 5.92 Å². The molecule has 1 rings (SSSR count). The van der Waals surface area contributed by atoms with E-state index in [1.165, 1.54) is 5.56 Å². The molecule has 0 unspecified atom stereocenters. The Morgan fingerprint density at radius 2 is 2.00 bits per heavy atom. The first-order valence-corrected chi connectivity index (χ1v) is 6.00. The Morgan fingerprint density at radius 3 is 2.53 bits per heavy atom. The van der Waals surface area contributed by atoms with Gasteiger partial charge in [-0.3, -0.25) is 4.39 Å². The second kappa shape index (κ2) is 5.64. The van der Waals surface area contributed by atoms with E-state index in [4.69, 9.17) is 0 Å². The van der Waals surface area contributed by atoms with E-state index < -0.39 is 0 Å². The van der Waals surface area contributed by atoms with E-state index in [1.807, 2.05) is 13.0 Å². The number of alkyl halides is 1. The molecule has 0 saturated carbocycles. The van der Waals surface area contributed by atoms with Crippen molar-refractivity contribution >= 4 is 15.9 Å². The maximum atomic E-state index is 12.5. The molecule has 0 saturated heterocycles. The monoisotopic (exact) mass is 271 g/mol. The molecular weight excluding hydrogens is 255 g/mol. The number of rotatable bonds is 4. The summed E-state index contributed by atoms with van der Waals surface area (Å²) in [5, 5.41) is 0. The van der Waals surface area contributed by atoms with Crippen LogP contribution in [0.4, 0.5) is 4.39 Å². The van der Waals surface area contributed by atoms with Crippen molar-refractivity contribution in [2.24, 2.45) is 5.92 Å². The first-order chi connectivity index (χ1) is 7.02. The molecule has 83 valence electrons. The Bertz CT molecular complexity index is 320. The van der Waals surface area contributed by atoms with Gasteiger partial charge in [0.1, 0.15) is 0 Å². The third kappa shape index (κ3) is 3.94. The van der Waals surface area contributed by atoms with E-state index in [9.17, 15) is 4.39 Å². The van der Waals surface area contributed by atoms with Gasteiger partial charge < -0.3 is 0 Å². The molecule has 1 aromatic carbocycles. The predicted molar refractivity (Wildman–Crippen MR) is 66.7 cm³/mol. The summed E-state index contributed by atoms with van der Waals surface area (Å²) in [5.74, 6) is 1.42. The lowest BCUT2D eigenvalue weighted by Crippen LogP contribution is -2.00. The fraction of sp³-hybridized carbons (Fsp3) is 0.462. The van der Waals surface area contributed by atoms with Crippen LogP contribution in [0.25, 0.3) is 0 Å². The molecular formula is C13H17BrF. The topological polar surface area (TPSA) is 0 Å². The Balaban J connectivity index is 2.94. The van der Waals surface area contributed by atoms with Crippen LogP contribution in [0.5, 0.6) is 0 Å². The summed E-state index contributed by atoms with van der Waals surface area (Å²) in [6.45, 7) is 5.83. The van der Waals surface area contributed by atoms with Crippen molar-refractivity contribution in [3.8, 4) is 0 Å². The summed E-state index contributed by atoms with van der Waals surface area (Å²) < 4.78 is 13.6. The quantitative estimate of drug-likeness (QED) is 0.753. The Morgan fingerprint density at radius 1 is 1.33 bits per heavy atom. The Labute approximate surface area is 100 Å². The van der Waals surface area contributed by atoms with Crippen molar-refractivity contribution in [1.29, 1.82) is 0 Å². The van der Waals surface area contributed by atoms with Crippen molar-refractivity contribution < 1.29 is 4.39 Å². The minimum Gasteiger partial charge on any atom is -0.250 e. The van der Waals surface area contributed by atoms with Crippen LogP contribution in [0, 0.1) is 11.8 Å². The molecule has 0 fully saturated rings. The van der Waals surface area contributed by atoms with Crippen LogP contribution < -0.4 is 0 Å². The van der Waals surface area contributed by atoms with Crippen molar-refractivity contribution in [3.63, 3.8) is 0 Å². The lowest BCUT2D eigenvalue weighted by atomic mass is 9.96. The maximum Gasteiger partial charge on any atom is 0.0997 e. The minimum atomic E-state index is -0.377. The van der Waals surface area contributed by atoms with E-state index in [-0.39, 0.29) is 6.67 Å². The molecule has 0 spiro atoms. The number of benzene rings is 1. The lowest BCUT2D eigenvalue weighted by molar-refractivity contribution is 0.516. The van der Waals surface area contributed by atoms with Crippen molar-refractivity contribution in [1.82, 2.24) is 0 Å². The standard InChI is InChI=1S/C13H17BrF/c1-9(2)4-11-5-12(10(3)8-15)7-13(14)6-11/h5-7,9H,4,8H2,1-3H3. The van der Waals surface area contributed by atoms with Gasteiger partial charge in [0.05, 0.1) is 6.67 Å². The number of halogens is 2. The second-order valence-electron chi connectivity index (χ2n) is 4.36. The van der Waals surface area contributed by atoms with E-state index in [0.717, 1.165) is 22.4 Å². The van der Waals surface area contributed by atoms with Crippen LogP contribution >= 0.6 is 15.9 Å². The molecule has 0 aliphatic carbocycles. The molecule has 0 aromatic heterocycles. The van der Waals surface area contributed by atoms with Gasteiger partial charge in [-0.15, -0.1) is 0 Å². The third-order valence-electron chi connectivity index (χ3n) is 2.29. The highest BCUT2D eigenvalue weighted by molar-refractivity contribution is 9.10. The Hall–Kier alpha value is -0.370. The summed E-state index contributed by atoms with van der Waals surface area (Å²) in [6.07, 6.45) is 1.03. The summed E-state index contributed by atoms with van der Waals surface area (Å²) >= 11 is 3.46. The fourth-order valence-electron chi connectivity index (χ4n) is 1.56. The molecule has 0 amide bonds. The normalized spacial score (nSPS) is 11.4. The summed E-state index contributed by atoms with van der Waals surface area (Å²) in [4.78, 5) is 0. The highest BCUT2D eigenvalue weighted by Gasteiger charge is 2.08. The minimum absolute atomic E-state index is 0.377. The molecule has 1 radical (unpaired) electrons. The van der Waals surface area contributed by atoms with Gasteiger partial charge in [-0.05, 0) is 35.6 Å². The van der Waals surface area contributed by atoms with E-state index in [2.05, 4.69) is 41.9 Å². The van der Waals surface area contributed by atoms with Crippen LogP contribution in [0.3, 0.4) is 0 Å². The maximum absolute atomic E-state index is 12.5. The molecule has 0 atom stereocenters. The van der Waals surface area contributed by atoms with Gasteiger partial charge in [-0.25, -0.2) is 0 Å². The highest BCUT2D eigenvalue weighted by Crippen LogP contribution is 2.23. The van der Waals surface area contributed by atoms with Gasteiger partial charge in [-0.2, -0.15) is 0 Å². The van der Waals surface area contributed by atoms with Gasteiger partial charge in [0, 0.05) is 10.4 Å². The van der Waals surface area contributed by atoms with Crippen LogP contribution in [-0.2, 0) is 6.42 Å². The second-order valence-corrected chi connectivity index (χ2v) is 5.28. The number of hydrogen-bond donors (Lipinski definition) is 0. The molecule has 2 heteroatoms. The molecule has 0 heterocycles. The van der Waals surface area contributed by atoms with Gasteiger partial charge >= 0.3 is 0 Å². The van der Waals surface area contributed by atoms with E-state index >= 15 is 0 Å². The van der Waals surface area contributed by atoms with Crippen LogP contribution in [-0.4, -0.2) is 6.67 Å². The molecule has 0 aliphatic heterocycles. The third-order valence-corrected chi connectivity index (χ3v) is 2.75. The zero-order valence-corrected chi connectivity index (χ0v) is 11.1. The van der Waals surface area contributed by atoms with Crippen LogP contribution in [0.15, 0.2) is 22.7 Å². The number of hydrogen-bond acceptors (Lipinski definition) is 0. The van der Waals surface area contributed by atoms with Crippen LogP contribution in [0.1, 0.15) is 31.9 Å². The fourth-order valence-corrected chi connectivity index (χ4v) is 2.10.